The van der Waals surface area contributed by atoms with E-state index < -0.39 is 0 Å². The minimum Gasteiger partial charge on any atom is -0.447 e. The number of hydrogen-bond donors (Lipinski definition) is 0. The summed E-state index contributed by atoms with van der Waals surface area (Å²) < 4.78 is 11.1. The Morgan fingerprint density at radius 3 is 2.22 bits per heavy atom. The lowest BCUT2D eigenvalue weighted by Gasteiger charge is -2.21. The second kappa shape index (κ2) is 8.71. The highest BCUT2D eigenvalue weighted by Gasteiger charge is 2.34. The van der Waals surface area contributed by atoms with Crippen LogP contribution in [0.2, 0.25) is 0 Å². The maximum atomic E-state index is 12.5. The lowest BCUT2D eigenvalue weighted by Crippen LogP contribution is -2.34. The molecule has 5 nitrogen and oxygen atoms in total. The summed E-state index contributed by atoms with van der Waals surface area (Å²) in [5.41, 5.74) is 6.11. The monoisotopic (exact) mass is 424 g/mol. The fourth-order valence-corrected chi connectivity index (χ4v) is 4.16. The molecular formula is C27H24N2O3. The molecule has 5 heteroatoms. The van der Waals surface area contributed by atoms with Crippen LogP contribution in [0.5, 0.6) is 0 Å². The van der Waals surface area contributed by atoms with Crippen LogP contribution in [0.1, 0.15) is 16.8 Å². The second-order valence-corrected chi connectivity index (χ2v) is 8.07. The van der Waals surface area contributed by atoms with Gasteiger partial charge in [0.1, 0.15) is 6.61 Å². The molecule has 1 fully saturated rings. The third-order valence-electron chi connectivity index (χ3n) is 5.96. The first-order valence-corrected chi connectivity index (χ1v) is 10.8. The molecule has 1 atom stereocenters. The van der Waals surface area contributed by atoms with Gasteiger partial charge in [0.05, 0.1) is 18.3 Å². The van der Waals surface area contributed by atoms with Crippen molar-refractivity contribution < 1.29 is 14.1 Å². The highest BCUT2D eigenvalue weighted by molar-refractivity contribution is 5.72. The third-order valence-corrected chi connectivity index (χ3v) is 5.96. The van der Waals surface area contributed by atoms with Gasteiger partial charge in [0.15, 0.2) is 5.76 Å². The van der Waals surface area contributed by atoms with Crippen molar-refractivity contribution in [2.75, 3.05) is 6.61 Å². The molecule has 0 bridgehead atoms. The van der Waals surface area contributed by atoms with Gasteiger partial charge in [0.25, 0.3) is 0 Å². The second-order valence-electron chi connectivity index (χ2n) is 8.07. The molecule has 2 heterocycles. The van der Waals surface area contributed by atoms with E-state index in [1.54, 1.807) is 4.90 Å². The molecule has 1 amide bonds. The molecule has 1 aromatic heterocycles. The van der Waals surface area contributed by atoms with E-state index in [2.05, 4.69) is 41.6 Å². The molecule has 0 spiro atoms. The van der Waals surface area contributed by atoms with Crippen molar-refractivity contribution in [3.63, 3.8) is 0 Å². The Labute approximate surface area is 187 Å². The van der Waals surface area contributed by atoms with Crippen molar-refractivity contribution in [1.29, 1.82) is 0 Å². The van der Waals surface area contributed by atoms with Gasteiger partial charge in [0.2, 0.25) is 0 Å². The van der Waals surface area contributed by atoms with Gasteiger partial charge in [-0.25, -0.2) is 4.79 Å². The first-order valence-electron chi connectivity index (χ1n) is 10.8. The first-order chi connectivity index (χ1) is 15.7. The number of hydrogen-bond acceptors (Lipinski definition) is 4. The topological polar surface area (TPSA) is 55.6 Å². The summed E-state index contributed by atoms with van der Waals surface area (Å²) in [4.78, 5) is 14.3. The minimum atomic E-state index is -0.295. The van der Waals surface area contributed by atoms with Crippen molar-refractivity contribution in [2.24, 2.45) is 0 Å². The summed E-state index contributed by atoms with van der Waals surface area (Å²) in [6.45, 7) is 2.70. The largest absolute Gasteiger partial charge is 0.447 e. The van der Waals surface area contributed by atoms with E-state index in [1.165, 1.54) is 5.56 Å². The molecule has 1 aliphatic rings. The zero-order chi connectivity index (χ0) is 21.9. The smallest absolute Gasteiger partial charge is 0.410 e. The average molecular weight is 425 g/mol. The zero-order valence-corrected chi connectivity index (χ0v) is 17.9. The zero-order valence-electron chi connectivity index (χ0n) is 17.9. The van der Waals surface area contributed by atoms with Crippen LogP contribution >= 0.6 is 0 Å². The quantitative estimate of drug-likeness (QED) is 0.388. The fourth-order valence-electron chi connectivity index (χ4n) is 4.16. The van der Waals surface area contributed by atoms with Crippen LogP contribution in [0.3, 0.4) is 0 Å². The van der Waals surface area contributed by atoms with Gasteiger partial charge in [-0.05, 0) is 30.0 Å². The number of cyclic esters (lactones) is 1. The number of rotatable bonds is 6. The van der Waals surface area contributed by atoms with E-state index in [4.69, 9.17) is 9.26 Å². The molecule has 4 aromatic rings. The number of aromatic nitrogens is 1. The molecule has 0 N–H and O–H groups in total. The molecule has 1 saturated heterocycles. The standard InChI is InChI=1S/C27H24N2O3/c1-19-25(17-29-24(18-31-27(29)30)16-20-8-4-2-5-9-20)26(32-28-19)23-14-12-22(13-15-23)21-10-6-3-7-11-21/h2-15,24H,16-18H2,1H3/t24-/m0/s1. The summed E-state index contributed by atoms with van der Waals surface area (Å²) in [5.74, 6) is 0.695. The van der Waals surface area contributed by atoms with Crippen molar-refractivity contribution in [1.82, 2.24) is 10.1 Å². The maximum absolute atomic E-state index is 12.5. The summed E-state index contributed by atoms with van der Waals surface area (Å²) in [7, 11) is 0. The van der Waals surface area contributed by atoms with Gasteiger partial charge >= 0.3 is 6.09 Å². The summed E-state index contributed by atoms with van der Waals surface area (Å²) >= 11 is 0. The van der Waals surface area contributed by atoms with Gasteiger partial charge in [-0.15, -0.1) is 0 Å². The van der Waals surface area contributed by atoms with Gasteiger partial charge in [-0.1, -0.05) is 90.1 Å². The first kappa shape index (κ1) is 20.1. The Morgan fingerprint density at radius 1 is 0.875 bits per heavy atom. The minimum absolute atomic E-state index is 0.0208. The number of amides is 1. The number of ether oxygens (including phenoxy) is 1. The third kappa shape index (κ3) is 4.02. The fraction of sp³-hybridized carbons (Fsp3) is 0.185. The number of nitrogens with zero attached hydrogens (tertiary/aromatic N) is 2. The lowest BCUT2D eigenvalue weighted by atomic mass is 10.0. The Bertz CT molecular complexity index is 1200. The molecule has 160 valence electrons. The van der Waals surface area contributed by atoms with Gasteiger partial charge in [0, 0.05) is 11.1 Å². The predicted molar refractivity (Wildman–Crippen MR) is 123 cm³/mol. The highest BCUT2D eigenvalue weighted by Crippen LogP contribution is 2.31. The molecule has 3 aromatic carbocycles. The highest BCUT2D eigenvalue weighted by atomic mass is 16.6. The number of aryl methyl sites for hydroxylation is 1. The molecule has 0 saturated carbocycles. The Morgan fingerprint density at radius 2 is 1.50 bits per heavy atom. The molecule has 0 unspecified atom stereocenters. The van der Waals surface area contributed by atoms with E-state index in [0.29, 0.717) is 18.9 Å². The van der Waals surface area contributed by atoms with Crippen LogP contribution in [-0.4, -0.2) is 28.8 Å². The molecule has 32 heavy (non-hydrogen) atoms. The summed E-state index contributed by atoms with van der Waals surface area (Å²) in [6, 6.07) is 28.6. The van der Waals surface area contributed by atoms with Gasteiger partial charge in [-0.3, -0.25) is 4.90 Å². The van der Waals surface area contributed by atoms with Crippen molar-refractivity contribution >= 4 is 6.09 Å². The normalized spacial score (nSPS) is 15.7. The molecule has 0 aliphatic carbocycles. The van der Waals surface area contributed by atoms with E-state index in [0.717, 1.165) is 34.4 Å². The Balaban J connectivity index is 1.39. The van der Waals surface area contributed by atoms with Crippen LogP contribution in [0, 0.1) is 6.92 Å². The van der Waals surface area contributed by atoms with E-state index in [1.807, 2.05) is 55.5 Å². The predicted octanol–water partition coefficient (Wildman–Crippen LogP) is 5.88. The van der Waals surface area contributed by atoms with Crippen LogP contribution < -0.4 is 0 Å². The van der Waals surface area contributed by atoms with Crippen LogP contribution in [0.25, 0.3) is 22.5 Å². The van der Waals surface area contributed by atoms with E-state index >= 15 is 0 Å². The van der Waals surface area contributed by atoms with Crippen molar-refractivity contribution in [3.8, 4) is 22.5 Å². The summed E-state index contributed by atoms with van der Waals surface area (Å²) in [5, 5.41) is 4.20. The summed E-state index contributed by atoms with van der Waals surface area (Å²) in [6.07, 6.45) is 0.453. The number of carbonyl (C=O) groups is 1. The van der Waals surface area contributed by atoms with E-state index in [9.17, 15) is 4.79 Å². The molecule has 1 aliphatic heterocycles. The molecular weight excluding hydrogens is 400 g/mol. The molecule has 0 radical (unpaired) electrons. The lowest BCUT2D eigenvalue weighted by molar-refractivity contribution is 0.156. The SMILES string of the molecule is Cc1noc(-c2ccc(-c3ccccc3)cc2)c1CN1C(=O)OC[C@@H]1Cc1ccccc1. The maximum Gasteiger partial charge on any atom is 0.410 e. The van der Waals surface area contributed by atoms with Crippen LogP contribution in [0.4, 0.5) is 4.79 Å². The molecule has 5 rings (SSSR count). The van der Waals surface area contributed by atoms with Crippen LogP contribution in [0.15, 0.2) is 89.5 Å². The average Bonchev–Trinajstić information content (AvgIpc) is 3.38. The van der Waals surface area contributed by atoms with E-state index in [-0.39, 0.29) is 12.1 Å². The van der Waals surface area contributed by atoms with Crippen molar-refractivity contribution in [3.05, 3.63) is 102 Å². The Kier molecular flexibility index (Phi) is 5.46. The Hall–Kier alpha value is -3.86. The number of carbonyl (C=O) groups excluding carboxylic acids is 1. The number of benzene rings is 3. The van der Waals surface area contributed by atoms with Crippen molar-refractivity contribution in [2.45, 2.75) is 25.9 Å². The van der Waals surface area contributed by atoms with Crippen LogP contribution in [-0.2, 0) is 17.7 Å². The van der Waals surface area contributed by atoms with Gasteiger partial charge in [-0.2, -0.15) is 0 Å². The van der Waals surface area contributed by atoms with Gasteiger partial charge < -0.3 is 9.26 Å².